The van der Waals surface area contributed by atoms with Crippen molar-refractivity contribution >= 4 is 54.3 Å². The van der Waals surface area contributed by atoms with E-state index < -0.39 is 0 Å². The van der Waals surface area contributed by atoms with Gasteiger partial charge < -0.3 is 4.42 Å². The lowest BCUT2D eigenvalue weighted by Gasteiger charge is -2.14. The fourth-order valence-electron chi connectivity index (χ4n) is 7.13. The number of furan rings is 1. The summed E-state index contributed by atoms with van der Waals surface area (Å²) in [4.78, 5) is 15.7. The van der Waals surface area contributed by atoms with Crippen LogP contribution in [0.2, 0.25) is 0 Å². The summed E-state index contributed by atoms with van der Waals surface area (Å²) in [6, 6.07) is 57.0. The first kappa shape index (κ1) is 27.5. The minimum Gasteiger partial charge on any atom is -0.456 e. The Morgan fingerprint density at radius 1 is 0.327 bits per heavy atom. The molecule has 0 atom stereocenters. The minimum atomic E-state index is 0.604. The van der Waals surface area contributed by atoms with Gasteiger partial charge in [0, 0.05) is 27.5 Å². The maximum atomic E-state index is 6.27. The van der Waals surface area contributed by atoms with Gasteiger partial charge in [-0.15, -0.1) is 0 Å². The van der Waals surface area contributed by atoms with Crippen LogP contribution in [-0.4, -0.2) is 15.0 Å². The van der Waals surface area contributed by atoms with Gasteiger partial charge in [-0.05, 0) is 73.8 Å². The second-order valence-electron chi connectivity index (χ2n) is 12.4. The van der Waals surface area contributed by atoms with Crippen LogP contribution < -0.4 is 0 Å². The van der Waals surface area contributed by atoms with Crippen molar-refractivity contribution in [1.29, 1.82) is 0 Å². The molecular weight excluding hydrogens is 599 g/mol. The third-order valence-electron chi connectivity index (χ3n) is 9.50. The number of benzene rings is 8. The van der Waals surface area contributed by atoms with E-state index in [1.807, 2.05) is 30.3 Å². The van der Waals surface area contributed by atoms with E-state index in [2.05, 4.69) is 133 Å². The van der Waals surface area contributed by atoms with Gasteiger partial charge in [0.1, 0.15) is 11.2 Å². The highest BCUT2D eigenvalue weighted by Crippen LogP contribution is 2.39. The van der Waals surface area contributed by atoms with Crippen molar-refractivity contribution in [2.75, 3.05) is 0 Å². The molecule has 0 aliphatic heterocycles. The standard InChI is InChI=1S/C45H27N3O/c1-2-11-28(12-3-1)31-23-24-35-38(26-31)34-16-7-6-15-32(34)27-39(35)45-47-43(33-22-21-29-13-4-5-14-30(29)25-33)46-44(48-45)37-18-10-20-41-42(37)36-17-8-9-19-40(36)49-41/h1-27H. The molecule has 0 N–H and O–H groups in total. The first-order chi connectivity index (χ1) is 24.3. The van der Waals surface area contributed by atoms with E-state index in [4.69, 9.17) is 19.4 Å². The van der Waals surface area contributed by atoms with Crippen molar-refractivity contribution in [3.8, 4) is 45.3 Å². The van der Waals surface area contributed by atoms with Crippen LogP contribution in [0.4, 0.5) is 0 Å². The minimum absolute atomic E-state index is 0.604. The van der Waals surface area contributed by atoms with Gasteiger partial charge in [-0.25, -0.2) is 15.0 Å². The monoisotopic (exact) mass is 625 g/mol. The summed E-state index contributed by atoms with van der Waals surface area (Å²) in [5, 5.41) is 8.91. The Bertz CT molecular complexity index is 2890. The summed E-state index contributed by atoms with van der Waals surface area (Å²) in [6.45, 7) is 0. The number of para-hydroxylation sites is 1. The lowest BCUT2D eigenvalue weighted by Crippen LogP contribution is -2.01. The number of rotatable bonds is 4. The average Bonchev–Trinajstić information content (AvgIpc) is 3.56. The molecule has 10 aromatic rings. The van der Waals surface area contributed by atoms with Crippen molar-refractivity contribution in [2.24, 2.45) is 0 Å². The van der Waals surface area contributed by atoms with Crippen LogP contribution >= 0.6 is 0 Å². The van der Waals surface area contributed by atoms with Gasteiger partial charge in [-0.2, -0.15) is 0 Å². The molecule has 10 rings (SSSR count). The molecule has 2 heterocycles. The van der Waals surface area contributed by atoms with E-state index in [-0.39, 0.29) is 0 Å². The molecular formula is C45H27N3O. The van der Waals surface area contributed by atoms with Gasteiger partial charge in [-0.3, -0.25) is 0 Å². The Morgan fingerprint density at radius 2 is 1.00 bits per heavy atom. The SMILES string of the molecule is c1ccc(-c2ccc3c(-c4nc(-c5ccc6ccccc6c5)nc(-c5cccc6oc7ccccc7c56)n4)cc4ccccc4c3c2)cc1. The predicted molar refractivity (Wildman–Crippen MR) is 201 cm³/mol. The molecule has 0 aliphatic rings. The highest BCUT2D eigenvalue weighted by molar-refractivity contribution is 6.15. The first-order valence-electron chi connectivity index (χ1n) is 16.4. The van der Waals surface area contributed by atoms with E-state index in [1.54, 1.807) is 0 Å². The zero-order valence-electron chi connectivity index (χ0n) is 26.3. The summed E-state index contributed by atoms with van der Waals surface area (Å²) < 4.78 is 6.27. The van der Waals surface area contributed by atoms with Gasteiger partial charge >= 0.3 is 0 Å². The normalized spacial score (nSPS) is 11.7. The number of nitrogens with zero attached hydrogens (tertiary/aromatic N) is 3. The molecule has 0 spiro atoms. The van der Waals surface area contributed by atoms with Gasteiger partial charge in [0.25, 0.3) is 0 Å². The van der Waals surface area contributed by atoms with Crippen molar-refractivity contribution in [3.05, 3.63) is 164 Å². The second-order valence-corrected chi connectivity index (χ2v) is 12.4. The Hall–Kier alpha value is -6.65. The molecule has 0 saturated carbocycles. The molecule has 4 heteroatoms. The molecule has 228 valence electrons. The van der Waals surface area contributed by atoms with Crippen LogP contribution in [0, 0.1) is 0 Å². The Labute approximate surface area is 282 Å². The smallest absolute Gasteiger partial charge is 0.164 e. The topological polar surface area (TPSA) is 51.8 Å². The lowest BCUT2D eigenvalue weighted by molar-refractivity contribution is 0.669. The molecule has 0 unspecified atom stereocenters. The summed E-state index contributed by atoms with van der Waals surface area (Å²) in [5.74, 6) is 1.85. The quantitative estimate of drug-likeness (QED) is 0.183. The van der Waals surface area contributed by atoms with Gasteiger partial charge in [0.15, 0.2) is 17.5 Å². The highest BCUT2D eigenvalue weighted by Gasteiger charge is 2.20. The molecule has 49 heavy (non-hydrogen) atoms. The van der Waals surface area contributed by atoms with Gasteiger partial charge in [0.05, 0.1) is 0 Å². The summed E-state index contributed by atoms with van der Waals surface area (Å²) >= 11 is 0. The van der Waals surface area contributed by atoms with Gasteiger partial charge in [-0.1, -0.05) is 133 Å². The largest absolute Gasteiger partial charge is 0.456 e. The maximum absolute atomic E-state index is 6.27. The molecule has 0 aliphatic carbocycles. The molecule has 0 amide bonds. The highest BCUT2D eigenvalue weighted by atomic mass is 16.3. The Kier molecular flexibility index (Phi) is 6.15. The maximum Gasteiger partial charge on any atom is 0.164 e. The zero-order valence-corrected chi connectivity index (χ0v) is 26.3. The molecule has 0 fully saturated rings. The van der Waals surface area contributed by atoms with Crippen LogP contribution in [0.3, 0.4) is 0 Å². The zero-order chi connectivity index (χ0) is 32.3. The number of fused-ring (bicyclic) bond motifs is 7. The number of hydrogen-bond acceptors (Lipinski definition) is 4. The Morgan fingerprint density at radius 3 is 1.88 bits per heavy atom. The molecule has 2 aromatic heterocycles. The number of aromatic nitrogens is 3. The average molecular weight is 626 g/mol. The van der Waals surface area contributed by atoms with Crippen molar-refractivity contribution < 1.29 is 4.42 Å². The molecule has 0 saturated heterocycles. The third kappa shape index (κ3) is 4.57. The fourth-order valence-corrected chi connectivity index (χ4v) is 7.13. The molecule has 0 radical (unpaired) electrons. The molecule has 0 bridgehead atoms. The summed E-state index contributed by atoms with van der Waals surface area (Å²) in [7, 11) is 0. The van der Waals surface area contributed by atoms with Crippen LogP contribution in [0.5, 0.6) is 0 Å². The summed E-state index contributed by atoms with van der Waals surface area (Å²) in [5.41, 5.74) is 6.79. The second kappa shape index (κ2) is 11.0. The van der Waals surface area contributed by atoms with E-state index in [9.17, 15) is 0 Å². The fraction of sp³-hybridized carbons (Fsp3) is 0. The van der Waals surface area contributed by atoms with E-state index >= 15 is 0 Å². The van der Waals surface area contributed by atoms with E-state index in [0.717, 1.165) is 60.2 Å². The van der Waals surface area contributed by atoms with Crippen LogP contribution in [-0.2, 0) is 0 Å². The predicted octanol–water partition coefficient (Wildman–Crippen LogP) is 11.9. The lowest BCUT2D eigenvalue weighted by atomic mass is 9.93. The van der Waals surface area contributed by atoms with E-state index in [1.165, 1.54) is 21.9 Å². The Balaban J connectivity index is 1.27. The van der Waals surface area contributed by atoms with Crippen molar-refractivity contribution in [2.45, 2.75) is 0 Å². The van der Waals surface area contributed by atoms with Crippen LogP contribution in [0.1, 0.15) is 0 Å². The third-order valence-corrected chi connectivity index (χ3v) is 9.50. The molecule has 4 nitrogen and oxygen atoms in total. The van der Waals surface area contributed by atoms with Crippen molar-refractivity contribution in [1.82, 2.24) is 15.0 Å². The van der Waals surface area contributed by atoms with Crippen molar-refractivity contribution in [3.63, 3.8) is 0 Å². The van der Waals surface area contributed by atoms with E-state index in [0.29, 0.717) is 17.5 Å². The first-order valence-corrected chi connectivity index (χ1v) is 16.4. The van der Waals surface area contributed by atoms with Crippen LogP contribution in [0.15, 0.2) is 168 Å². The summed E-state index contributed by atoms with van der Waals surface area (Å²) in [6.07, 6.45) is 0. The van der Waals surface area contributed by atoms with Crippen LogP contribution in [0.25, 0.3) is 99.5 Å². The van der Waals surface area contributed by atoms with Gasteiger partial charge in [0.2, 0.25) is 0 Å². The number of hydrogen-bond donors (Lipinski definition) is 0. The molecule has 8 aromatic carbocycles.